The molecule has 0 bridgehead atoms. The fourth-order valence-corrected chi connectivity index (χ4v) is 2.98. The summed E-state index contributed by atoms with van der Waals surface area (Å²) in [6.07, 6.45) is 1.06. The van der Waals surface area contributed by atoms with Crippen molar-refractivity contribution in [3.63, 3.8) is 0 Å². The van der Waals surface area contributed by atoms with Gasteiger partial charge in [0, 0.05) is 12.3 Å². The summed E-state index contributed by atoms with van der Waals surface area (Å²) in [5.74, 6) is 1.94. The van der Waals surface area contributed by atoms with Crippen molar-refractivity contribution in [3.05, 3.63) is 0 Å². The minimum Gasteiger partial charge on any atom is -0.387 e. The second-order valence-corrected chi connectivity index (χ2v) is 5.03. The summed E-state index contributed by atoms with van der Waals surface area (Å²) in [4.78, 5) is 0. The van der Waals surface area contributed by atoms with Gasteiger partial charge in [0.2, 0.25) is 0 Å². The molecule has 0 radical (unpaired) electrons. The highest BCUT2D eigenvalue weighted by Crippen LogP contribution is 2.41. The molecule has 1 atom stereocenters. The Bertz CT molecular complexity index is 149. The maximum absolute atomic E-state index is 10.1. The smallest absolute Gasteiger partial charge is 0.0909 e. The molecule has 1 unspecified atom stereocenters. The molecule has 0 aromatic carbocycles. The van der Waals surface area contributed by atoms with Crippen LogP contribution >= 0.6 is 11.8 Å². The summed E-state index contributed by atoms with van der Waals surface area (Å²) in [5.41, 5.74) is 4.90. The third-order valence-electron chi connectivity index (χ3n) is 2.81. The number of hydrogen-bond acceptors (Lipinski definition) is 3. The topological polar surface area (TPSA) is 46.2 Å². The van der Waals surface area contributed by atoms with Crippen LogP contribution in [0.3, 0.4) is 0 Å². The molecular formula is C8H17NOS. The van der Waals surface area contributed by atoms with Crippen molar-refractivity contribution in [2.75, 3.05) is 18.1 Å². The summed E-state index contributed by atoms with van der Waals surface area (Å²) < 4.78 is 0. The third kappa shape index (κ3) is 1.55. The first-order chi connectivity index (χ1) is 5.02. The molecule has 0 saturated carbocycles. The lowest BCUT2D eigenvalue weighted by Gasteiger charge is -2.45. The number of rotatable bonds is 1. The minimum atomic E-state index is -0.643. The van der Waals surface area contributed by atoms with Crippen LogP contribution in [0.2, 0.25) is 0 Å². The highest BCUT2D eigenvalue weighted by Gasteiger charge is 2.44. The molecule has 3 N–H and O–H groups in total. The van der Waals surface area contributed by atoms with E-state index in [1.165, 1.54) is 0 Å². The van der Waals surface area contributed by atoms with E-state index in [4.69, 9.17) is 5.73 Å². The highest BCUT2D eigenvalue weighted by molar-refractivity contribution is 7.99. The molecule has 0 aromatic rings. The standard InChI is InChI=1S/C8H17NOS/c1-7(2)3-4-11-6-8(7,10)5-9/h10H,3-6,9H2,1-2H3. The Hall–Kier alpha value is 0.270. The predicted molar refractivity (Wildman–Crippen MR) is 49.7 cm³/mol. The molecule has 0 spiro atoms. The summed E-state index contributed by atoms with van der Waals surface area (Å²) >= 11 is 1.80. The second kappa shape index (κ2) is 2.96. The van der Waals surface area contributed by atoms with E-state index in [1.54, 1.807) is 11.8 Å². The first-order valence-electron chi connectivity index (χ1n) is 4.02. The molecule has 2 nitrogen and oxygen atoms in total. The van der Waals surface area contributed by atoms with E-state index in [-0.39, 0.29) is 5.41 Å². The third-order valence-corrected chi connectivity index (χ3v) is 3.98. The van der Waals surface area contributed by atoms with Crippen LogP contribution in [-0.4, -0.2) is 28.8 Å². The van der Waals surface area contributed by atoms with Crippen LogP contribution in [0.5, 0.6) is 0 Å². The Morgan fingerprint density at radius 1 is 1.55 bits per heavy atom. The van der Waals surface area contributed by atoms with Gasteiger partial charge in [-0.15, -0.1) is 0 Å². The van der Waals surface area contributed by atoms with Gasteiger partial charge >= 0.3 is 0 Å². The molecule has 1 heterocycles. The Morgan fingerprint density at radius 2 is 2.18 bits per heavy atom. The van der Waals surface area contributed by atoms with Crippen LogP contribution in [0.25, 0.3) is 0 Å². The number of nitrogens with two attached hydrogens (primary N) is 1. The monoisotopic (exact) mass is 175 g/mol. The van der Waals surface area contributed by atoms with Crippen molar-refractivity contribution in [2.45, 2.75) is 25.9 Å². The highest BCUT2D eigenvalue weighted by atomic mass is 32.2. The Kier molecular flexibility index (Phi) is 2.52. The second-order valence-electron chi connectivity index (χ2n) is 3.92. The zero-order valence-electron chi connectivity index (χ0n) is 7.26. The molecular weight excluding hydrogens is 158 g/mol. The first-order valence-corrected chi connectivity index (χ1v) is 5.17. The summed E-state index contributed by atoms with van der Waals surface area (Å²) in [6.45, 7) is 4.58. The SMILES string of the molecule is CC1(C)CCSCC1(O)CN. The first kappa shape index (κ1) is 9.36. The van der Waals surface area contributed by atoms with E-state index in [0.717, 1.165) is 17.9 Å². The van der Waals surface area contributed by atoms with Gasteiger partial charge in [0.1, 0.15) is 0 Å². The molecule has 1 aliphatic heterocycles. The zero-order valence-corrected chi connectivity index (χ0v) is 8.08. The summed E-state index contributed by atoms with van der Waals surface area (Å²) in [5, 5.41) is 10.1. The maximum Gasteiger partial charge on any atom is 0.0909 e. The molecule has 0 aliphatic carbocycles. The molecule has 0 amide bonds. The zero-order chi connectivity index (χ0) is 8.54. The Balaban J connectivity index is 2.74. The van der Waals surface area contributed by atoms with Crippen molar-refractivity contribution in [2.24, 2.45) is 11.1 Å². The molecule has 1 saturated heterocycles. The fraction of sp³-hybridized carbons (Fsp3) is 1.00. The van der Waals surface area contributed by atoms with Crippen LogP contribution in [0.4, 0.5) is 0 Å². The Morgan fingerprint density at radius 3 is 2.55 bits per heavy atom. The van der Waals surface area contributed by atoms with Crippen LogP contribution in [0.1, 0.15) is 20.3 Å². The van der Waals surface area contributed by atoms with E-state index in [2.05, 4.69) is 13.8 Å². The van der Waals surface area contributed by atoms with Crippen molar-refractivity contribution in [3.8, 4) is 0 Å². The lowest BCUT2D eigenvalue weighted by molar-refractivity contribution is -0.0436. The van der Waals surface area contributed by atoms with E-state index >= 15 is 0 Å². The molecule has 3 heteroatoms. The summed E-state index contributed by atoms with van der Waals surface area (Å²) in [6, 6.07) is 0. The van der Waals surface area contributed by atoms with Crippen LogP contribution < -0.4 is 5.73 Å². The number of aliphatic hydroxyl groups is 1. The molecule has 66 valence electrons. The van der Waals surface area contributed by atoms with Gasteiger partial charge in [0.05, 0.1) is 5.60 Å². The van der Waals surface area contributed by atoms with Crippen molar-refractivity contribution < 1.29 is 5.11 Å². The molecule has 0 aromatic heterocycles. The maximum atomic E-state index is 10.1. The largest absolute Gasteiger partial charge is 0.387 e. The van der Waals surface area contributed by atoms with Gasteiger partial charge in [0.15, 0.2) is 0 Å². The van der Waals surface area contributed by atoms with Crippen molar-refractivity contribution >= 4 is 11.8 Å². The van der Waals surface area contributed by atoms with E-state index < -0.39 is 5.60 Å². The average molecular weight is 175 g/mol. The van der Waals surface area contributed by atoms with Crippen LogP contribution in [0, 0.1) is 5.41 Å². The number of thioether (sulfide) groups is 1. The van der Waals surface area contributed by atoms with E-state index in [1.807, 2.05) is 0 Å². The minimum absolute atomic E-state index is 0.00694. The quantitative estimate of drug-likeness (QED) is 0.621. The van der Waals surface area contributed by atoms with E-state index in [0.29, 0.717) is 6.54 Å². The van der Waals surface area contributed by atoms with Gasteiger partial charge in [0.25, 0.3) is 0 Å². The van der Waals surface area contributed by atoms with Gasteiger partial charge in [-0.1, -0.05) is 13.8 Å². The van der Waals surface area contributed by atoms with Crippen molar-refractivity contribution in [1.29, 1.82) is 0 Å². The lowest BCUT2D eigenvalue weighted by Crippen LogP contribution is -2.54. The molecule has 1 aliphatic rings. The number of hydrogen-bond donors (Lipinski definition) is 2. The summed E-state index contributed by atoms with van der Waals surface area (Å²) in [7, 11) is 0. The van der Waals surface area contributed by atoms with E-state index in [9.17, 15) is 5.11 Å². The van der Waals surface area contributed by atoms with Crippen LogP contribution in [-0.2, 0) is 0 Å². The van der Waals surface area contributed by atoms with Gasteiger partial charge in [-0.2, -0.15) is 11.8 Å². The molecule has 11 heavy (non-hydrogen) atoms. The predicted octanol–water partition coefficient (Wildman–Crippen LogP) is 0.839. The molecule has 1 fully saturated rings. The lowest BCUT2D eigenvalue weighted by atomic mass is 9.73. The van der Waals surface area contributed by atoms with Gasteiger partial charge in [-0.3, -0.25) is 0 Å². The normalized spacial score (nSPS) is 37.1. The van der Waals surface area contributed by atoms with Crippen molar-refractivity contribution in [1.82, 2.24) is 0 Å². The van der Waals surface area contributed by atoms with Crippen LogP contribution in [0.15, 0.2) is 0 Å². The fourth-order valence-electron chi connectivity index (χ4n) is 1.33. The Labute approximate surface area is 72.5 Å². The van der Waals surface area contributed by atoms with Gasteiger partial charge < -0.3 is 10.8 Å². The van der Waals surface area contributed by atoms with Gasteiger partial charge in [-0.05, 0) is 17.6 Å². The average Bonchev–Trinajstić information content (AvgIpc) is 1.95. The molecule has 1 rings (SSSR count). The van der Waals surface area contributed by atoms with Gasteiger partial charge in [-0.25, -0.2) is 0 Å².